The fraction of sp³-hybridized carbons (Fsp3) is 0.314. The number of nitrogens with zero attached hydrogens (tertiary/aromatic N) is 2. The van der Waals surface area contributed by atoms with Gasteiger partial charge in [0.1, 0.15) is 0 Å². The molecule has 1 heterocycles. The number of benzene rings is 8. The largest absolute Gasteiger partial charge is 0.309 e. The van der Waals surface area contributed by atoms with E-state index in [0.29, 0.717) is 0 Å². The first kappa shape index (κ1) is 48.8. The maximum absolute atomic E-state index is 8.49. The van der Waals surface area contributed by atoms with Crippen LogP contribution in [0.2, 0.25) is 5.02 Å². The second-order valence-corrected chi connectivity index (χ2v) is 30.0. The average Bonchev–Trinajstić information content (AvgIpc) is 3.70. The Balaban J connectivity index is 1.15. The lowest BCUT2D eigenvalue weighted by Gasteiger charge is -2.57. The molecule has 0 unspecified atom stereocenters. The number of fused-ring (bicyclic) bond motifs is 3. The summed E-state index contributed by atoms with van der Waals surface area (Å²) >= 11 is 8.49. The average molecular weight is 1010 g/mol. The normalized spacial score (nSPS) is 20.5. The van der Waals surface area contributed by atoms with Crippen LogP contribution in [-0.4, -0.2) is 8.07 Å². The number of hydrogen-bond acceptors (Lipinski definition) is 2. The monoisotopic (exact) mass is 1000 g/mol. The summed E-state index contributed by atoms with van der Waals surface area (Å²) < 4.78 is 0. The Bertz CT molecular complexity index is 3290. The standard InChI is InChI=1S/C70H73ClN2Si/c1-67(2,3)50-22-21-25-55(38-50)73(57-39-51(68(4,5)6)37-52(40-57)69(7,8)9)63-42-53(70-44-47-34-48(45-70)36-49(35-47)46-70)41-62(66(63)71)72(54-23-13-10-14-24-54)56-32-33-65-61(43-56)60-30-19-20-31-64(60)74(65,58-26-15-11-16-27-58)59-28-17-12-18-29-59/h10-33,37-43,47-49H,34-36,44-46H2,1-9H3. The predicted octanol–water partition coefficient (Wildman–Crippen LogP) is 17.0. The van der Waals surface area contributed by atoms with Crippen LogP contribution >= 0.6 is 11.6 Å². The van der Waals surface area contributed by atoms with E-state index in [-0.39, 0.29) is 21.7 Å². The molecule has 2 nitrogen and oxygen atoms in total. The number of rotatable bonds is 9. The number of anilines is 6. The first-order valence-electron chi connectivity index (χ1n) is 27.5. The Morgan fingerprint density at radius 2 is 0.851 bits per heavy atom. The van der Waals surface area contributed by atoms with Gasteiger partial charge in [0.15, 0.2) is 8.07 Å². The van der Waals surface area contributed by atoms with Crippen LogP contribution in [0.4, 0.5) is 34.1 Å². The lowest BCUT2D eigenvalue weighted by Crippen LogP contribution is -2.72. The molecule has 0 saturated heterocycles. The van der Waals surface area contributed by atoms with E-state index in [0.717, 1.165) is 56.9 Å². The van der Waals surface area contributed by atoms with Crippen molar-refractivity contribution in [1.82, 2.24) is 0 Å². The zero-order valence-electron chi connectivity index (χ0n) is 45.1. The third-order valence-corrected chi connectivity index (χ3v) is 23.0. The van der Waals surface area contributed by atoms with Gasteiger partial charge in [0.05, 0.1) is 16.4 Å². The highest BCUT2D eigenvalue weighted by atomic mass is 35.5. The molecule has 4 saturated carbocycles. The molecule has 4 heteroatoms. The van der Waals surface area contributed by atoms with Crippen LogP contribution in [0, 0.1) is 17.8 Å². The summed E-state index contributed by atoms with van der Waals surface area (Å²) in [5.41, 5.74) is 14.4. The van der Waals surface area contributed by atoms with Crippen LogP contribution in [0.1, 0.15) is 123 Å². The van der Waals surface area contributed by atoms with Crippen LogP contribution in [0.3, 0.4) is 0 Å². The minimum atomic E-state index is -2.71. The molecule has 4 bridgehead atoms. The molecule has 4 fully saturated rings. The van der Waals surface area contributed by atoms with Crippen molar-refractivity contribution in [3.05, 3.63) is 215 Å². The van der Waals surface area contributed by atoms with Crippen LogP contribution in [-0.2, 0) is 21.7 Å². The van der Waals surface area contributed by atoms with Gasteiger partial charge in [0.25, 0.3) is 0 Å². The van der Waals surface area contributed by atoms with Crippen molar-refractivity contribution in [3.63, 3.8) is 0 Å². The van der Waals surface area contributed by atoms with E-state index in [4.69, 9.17) is 11.6 Å². The van der Waals surface area contributed by atoms with E-state index < -0.39 is 8.07 Å². The molecule has 8 aromatic carbocycles. The van der Waals surface area contributed by atoms with Crippen molar-refractivity contribution >= 4 is 74.5 Å². The zero-order chi connectivity index (χ0) is 51.4. The Hall–Kier alpha value is -6.13. The predicted molar refractivity (Wildman–Crippen MR) is 319 cm³/mol. The fourth-order valence-corrected chi connectivity index (χ4v) is 19.9. The van der Waals surface area contributed by atoms with Crippen LogP contribution < -0.4 is 30.5 Å². The van der Waals surface area contributed by atoms with E-state index in [1.54, 1.807) is 0 Å². The highest BCUT2D eigenvalue weighted by Crippen LogP contribution is 2.62. The topological polar surface area (TPSA) is 6.48 Å². The number of halogens is 1. The van der Waals surface area contributed by atoms with E-state index >= 15 is 0 Å². The van der Waals surface area contributed by atoms with E-state index in [9.17, 15) is 0 Å². The molecule has 4 aliphatic carbocycles. The first-order valence-corrected chi connectivity index (χ1v) is 29.9. The van der Waals surface area contributed by atoms with Gasteiger partial charge in [0, 0.05) is 22.7 Å². The third-order valence-electron chi connectivity index (χ3n) is 17.8. The van der Waals surface area contributed by atoms with Gasteiger partial charge in [-0.2, -0.15) is 0 Å². The molecule has 374 valence electrons. The summed E-state index contributed by atoms with van der Waals surface area (Å²) in [7, 11) is -2.71. The third kappa shape index (κ3) is 8.29. The molecule has 0 atom stereocenters. The molecule has 0 radical (unpaired) electrons. The van der Waals surface area contributed by atoms with Gasteiger partial charge in [0.2, 0.25) is 0 Å². The molecule has 5 aliphatic rings. The first-order chi connectivity index (χ1) is 35.4. The molecular formula is C70H73ClN2Si. The lowest BCUT2D eigenvalue weighted by atomic mass is 9.48. The molecule has 0 N–H and O–H groups in total. The SMILES string of the molecule is CC(C)(C)c1cccc(N(c2cc(C(C)(C)C)cc(C(C)(C)C)c2)c2cc(C34CC5CC(CC(C5)C3)C4)cc(N(c3ccccc3)c3ccc4c(c3)-c3ccccc3[Si]4(c3ccccc3)c3ccccc3)c2Cl)c1. The maximum atomic E-state index is 8.49. The second kappa shape index (κ2) is 18.0. The van der Waals surface area contributed by atoms with Gasteiger partial charge >= 0.3 is 0 Å². The van der Waals surface area contributed by atoms with Crippen molar-refractivity contribution < 1.29 is 0 Å². The number of para-hydroxylation sites is 1. The molecule has 1 aliphatic heterocycles. The fourth-order valence-electron chi connectivity index (χ4n) is 14.4. The lowest BCUT2D eigenvalue weighted by molar-refractivity contribution is -0.00515. The Kier molecular flexibility index (Phi) is 11.9. The van der Waals surface area contributed by atoms with Crippen molar-refractivity contribution in [2.75, 3.05) is 9.80 Å². The van der Waals surface area contributed by atoms with Gasteiger partial charge in [-0.05, 0) is 193 Å². The van der Waals surface area contributed by atoms with Crippen molar-refractivity contribution in [1.29, 1.82) is 0 Å². The summed E-state index contributed by atoms with van der Waals surface area (Å²) in [5, 5.41) is 6.43. The van der Waals surface area contributed by atoms with Gasteiger partial charge in [-0.15, -0.1) is 0 Å². The molecule has 0 aromatic heterocycles. The van der Waals surface area contributed by atoms with Gasteiger partial charge in [-0.25, -0.2) is 0 Å². The summed E-state index contributed by atoms with van der Waals surface area (Å²) in [4.78, 5) is 5.04. The highest BCUT2D eigenvalue weighted by molar-refractivity contribution is 7.22. The quantitative estimate of drug-likeness (QED) is 0.133. The van der Waals surface area contributed by atoms with Gasteiger partial charge in [-0.1, -0.05) is 201 Å². The van der Waals surface area contributed by atoms with Gasteiger partial charge in [-0.3, -0.25) is 0 Å². The number of hydrogen-bond donors (Lipinski definition) is 0. The molecule has 13 rings (SSSR count). The zero-order valence-corrected chi connectivity index (χ0v) is 46.9. The van der Waals surface area contributed by atoms with E-state index in [2.05, 4.69) is 260 Å². The minimum Gasteiger partial charge on any atom is -0.309 e. The minimum absolute atomic E-state index is 0.0563. The Morgan fingerprint density at radius 1 is 0.405 bits per heavy atom. The summed E-state index contributed by atoms with van der Waals surface area (Å²) in [6, 6.07) is 72.1. The van der Waals surface area contributed by atoms with Crippen molar-refractivity contribution in [2.45, 2.75) is 122 Å². The van der Waals surface area contributed by atoms with Crippen LogP contribution in [0.15, 0.2) is 188 Å². The van der Waals surface area contributed by atoms with E-state index in [1.165, 1.54) is 92.7 Å². The smallest absolute Gasteiger partial charge is 0.180 e. The molecule has 0 amide bonds. The summed E-state index contributed by atoms with van der Waals surface area (Å²) in [6.45, 7) is 21.1. The van der Waals surface area contributed by atoms with Crippen molar-refractivity contribution in [2.24, 2.45) is 17.8 Å². The van der Waals surface area contributed by atoms with Crippen molar-refractivity contribution in [3.8, 4) is 11.1 Å². The maximum Gasteiger partial charge on any atom is 0.180 e. The summed E-state index contributed by atoms with van der Waals surface area (Å²) in [5.74, 6) is 2.34. The van der Waals surface area contributed by atoms with E-state index in [1.807, 2.05) is 0 Å². The summed E-state index contributed by atoms with van der Waals surface area (Å²) in [6.07, 6.45) is 7.91. The van der Waals surface area contributed by atoms with Crippen LogP contribution in [0.5, 0.6) is 0 Å². The molecule has 74 heavy (non-hydrogen) atoms. The van der Waals surface area contributed by atoms with Crippen LogP contribution in [0.25, 0.3) is 11.1 Å². The second-order valence-electron chi connectivity index (χ2n) is 25.9. The molecule has 0 spiro atoms. The highest BCUT2D eigenvalue weighted by Gasteiger charge is 2.53. The Labute approximate surface area is 448 Å². The van der Waals surface area contributed by atoms with Gasteiger partial charge < -0.3 is 9.80 Å². The molecule has 8 aromatic rings. The Morgan fingerprint density at radius 3 is 1.39 bits per heavy atom. The molecular weight excluding hydrogens is 932 g/mol.